The first-order valence-electron chi connectivity index (χ1n) is 8.40. The van der Waals surface area contributed by atoms with Crippen molar-refractivity contribution in [3.63, 3.8) is 0 Å². The van der Waals surface area contributed by atoms with E-state index in [0.29, 0.717) is 12.4 Å². The third-order valence-corrected chi connectivity index (χ3v) is 5.94. The number of ether oxygens (including phenoxy) is 4. The number of nitrogens with zero attached hydrogens (tertiary/aromatic N) is 2. The smallest absolute Gasteiger partial charge is 0.294 e. The van der Waals surface area contributed by atoms with Gasteiger partial charge in [-0.25, -0.2) is 0 Å². The molecule has 4 saturated heterocycles. The van der Waals surface area contributed by atoms with E-state index in [9.17, 15) is 20.2 Å². The molecule has 13 nitrogen and oxygen atoms in total. The summed E-state index contributed by atoms with van der Waals surface area (Å²) in [6, 6.07) is 0. The van der Waals surface area contributed by atoms with Crippen LogP contribution in [0, 0.1) is 26.1 Å². The molecule has 0 N–H and O–H groups in total. The molecule has 4 rings (SSSR count). The summed E-state index contributed by atoms with van der Waals surface area (Å²) in [6.45, 7) is 0.838. The summed E-state index contributed by atoms with van der Waals surface area (Å²) in [5.74, 6) is 0.559. The Bertz CT molecular complexity index is 534. The Morgan fingerprint density at radius 2 is 1.26 bits per heavy atom. The second-order valence-electron chi connectivity index (χ2n) is 6.61. The van der Waals surface area contributed by atoms with Gasteiger partial charge in [0.1, 0.15) is 24.4 Å². The van der Waals surface area contributed by atoms with E-state index in [1.807, 2.05) is 0 Å². The molecule has 27 heavy (non-hydrogen) atoms. The summed E-state index contributed by atoms with van der Waals surface area (Å²) in [4.78, 5) is 30.1. The van der Waals surface area contributed by atoms with E-state index >= 15 is 0 Å². The van der Waals surface area contributed by atoms with Gasteiger partial charge in [0.15, 0.2) is 12.2 Å². The number of hydrogen-bond donors (Lipinski definition) is 0. The molecule has 4 heterocycles. The summed E-state index contributed by atoms with van der Waals surface area (Å²) in [6.07, 6.45) is -3.52. The highest BCUT2D eigenvalue weighted by molar-refractivity contribution is 7.94. The third kappa shape index (κ3) is 3.90. The van der Waals surface area contributed by atoms with Crippen molar-refractivity contribution < 1.29 is 43.0 Å². The quantitative estimate of drug-likeness (QED) is 0.285. The lowest BCUT2D eigenvalue weighted by Gasteiger charge is -2.18. The van der Waals surface area contributed by atoms with Gasteiger partial charge < -0.3 is 32.8 Å². The van der Waals surface area contributed by atoms with E-state index in [4.69, 9.17) is 23.1 Å². The highest BCUT2D eigenvalue weighted by Gasteiger charge is 2.51. The van der Waals surface area contributed by atoms with E-state index in [1.54, 1.807) is 0 Å². The second kappa shape index (κ2) is 7.89. The first-order valence-corrected chi connectivity index (χ1v) is 9.31. The average Bonchev–Trinajstić information content (AvgIpc) is 3.33. The maximum absolute atomic E-state index is 10.5. The van der Waals surface area contributed by atoms with Gasteiger partial charge in [0.25, 0.3) is 10.2 Å². The maximum Gasteiger partial charge on any atom is 0.294 e. The molecule has 8 atom stereocenters. The Hall–Kier alpha value is -1.45. The van der Waals surface area contributed by atoms with Crippen LogP contribution in [0.15, 0.2) is 0 Å². The predicted octanol–water partition coefficient (Wildman–Crippen LogP) is -0.615. The molecule has 0 aromatic rings. The van der Waals surface area contributed by atoms with E-state index in [0.717, 1.165) is 0 Å². The Labute approximate surface area is 156 Å². The highest BCUT2D eigenvalue weighted by Crippen LogP contribution is 2.36. The van der Waals surface area contributed by atoms with Crippen LogP contribution in [-0.4, -0.2) is 85.1 Å². The van der Waals surface area contributed by atoms with Crippen molar-refractivity contribution in [1.82, 2.24) is 0 Å². The van der Waals surface area contributed by atoms with Crippen LogP contribution >= 0.6 is 12.0 Å². The van der Waals surface area contributed by atoms with Gasteiger partial charge in [-0.05, 0) is 12.0 Å². The van der Waals surface area contributed by atoms with E-state index in [-0.39, 0.29) is 37.9 Å². The van der Waals surface area contributed by atoms with Crippen molar-refractivity contribution in [3.8, 4) is 0 Å². The van der Waals surface area contributed by atoms with Gasteiger partial charge in [0.2, 0.25) is 0 Å². The maximum atomic E-state index is 10.5. The van der Waals surface area contributed by atoms with Gasteiger partial charge >= 0.3 is 0 Å². The van der Waals surface area contributed by atoms with E-state index in [1.165, 1.54) is 12.0 Å². The summed E-state index contributed by atoms with van der Waals surface area (Å²) >= 11 is 1.21. The molecule has 0 saturated carbocycles. The molecule has 0 bridgehead atoms. The molecule has 14 heteroatoms. The zero-order valence-corrected chi connectivity index (χ0v) is 14.8. The number of hydrogen-bond acceptors (Lipinski definition) is 12. The van der Waals surface area contributed by atoms with Crippen molar-refractivity contribution >= 4 is 12.0 Å². The fourth-order valence-electron chi connectivity index (χ4n) is 3.81. The van der Waals surface area contributed by atoms with Crippen molar-refractivity contribution in [2.75, 3.05) is 32.2 Å². The van der Waals surface area contributed by atoms with Crippen LogP contribution < -0.4 is 0 Å². The molecule has 0 radical (unpaired) electrons. The molecular formula is C13H18N2O11S. The lowest BCUT2D eigenvalue weighted by Crippen LogP contribution is -2.34. The molecule has 0 spiro atoms. The van der Waals surface area contributed by atoms with Crippen molar-refractivity contribution in [2.24, 2.45) is 5.92 Å². The molecule has 0 aliphatic carbocycles. The number of rotatable bonds is 8. The standard InChI is InChI=1S/C13H18N2O11S/c16-14(17)24-7-2-21-10-6(1-20-11(7)10)5-27-26-9-4-23-12-8(25-15(18)19)3-22-13(9)12/h6-13H,1-5H2/t6?,7-,8-,9?,10?,11?,12?,13?/m1/s1. The minimum Gasteiger partial charge on any atom is -0.373 e. The molecule has 6 unspecified atom stereocenters. The monoisotopic (exact) mass is 410 g/mol. The van der Waals surface area contributed by atoms with Crippen molar-refractivity contribution in [3.05, 3.63) is 20.2 Å². The minimum atomic E-state index is -0.850. The fraction of sp³-hybridized carbons (Fsp3) is 1.00. The van der Waals surface area contributed by atoms with Crippen LogP contribution in [0.3, 0.4) is 0 Å². The van der Waals surface area contributed by atoms with Gasteiger partial charge in [0, 0.05) is 11.7 Å². The van der Waals surface area contributed by atoms with Crippen molar-refractivity contribution in [1.29, 1.82) is 0 Å². The predicted molar refractivity (Wildman–Crippen MR) is 83.5 cm³/mol. The molecule has 4 aliphatic rings. The van der Waals surface area contributed by atoms with Crippen LogP contribution in [0.25, 0.3) is 0 Å². The summed E-state index contributed by atoms with van der Waals surface area (Å²) < 4.78 is 28.0. The molecule has 4 aliphatic heterocycles. The van der Waals surface area contributed by atoms with Crippen LogP contribution in [0.2, 0.25) is 0 Å². The zero-order valence-electron chi connectivity index (χ0n) is 13.9. The van der Waals surface area contributed by atoms with Crippen LogP contribution in [0.1, 0.15) is 0 Å². The first-order chi connectivity index (χ1) is 13.0. The molecule has 0 aromatic heterocycles. The van der Waals surface area contributed by atoms with Crippen LogP contribution in [0.4, 0.5) is 0 Å². The Morgan fingerprint density at radius 3 is 1.89 bits per heavy atom. The normalized spacial score (nSPS) is 42.7. The van der Waals surface area contributed by atoms with Crippen LogP contribution in [0.5, 0.6) is 0 Å². The summed E-state index contributed by atoms with van der Waals surface area (Å²) in [7, 11) is 0. The lowest BCUT2D eigenvalue weighted by molar-refractivity contribution is -0.769. The van der Waals surface area contributed by atoms with E-state index < -0.39 is 40.7 Å². The number of fused-ring (bicyclic) bond motifs is 2. The van der Waals surface area contributed by atoms with E-state index in [2.05, 4.69) is 9.68 Å². The van der Waals surface area contributed by atoms with Gasteiger partial charge in [-0.1, -0.05) is 0 Å². The molecule has 4 fully saturated rings. The Kier molecular flexibility index (Phi) is 5.52. The molecule has 152 valence electrons. The van der Waals surface area contributed by atoms with Crippen LogP contribution in [-0.2, 0) is 32.8 Å². The Morgan fingerprint density at radius 1 is 0.778 bits per heavy atom. The van der Waals surface area contributed by atoms with Gasteiger partial charge in [-0.2, -0.15) is 0 Å². The molecule has 0 aromatic carbocycles. The van der Waals surface area contributed by atoms with Gasteiger partial charge in [0.05, 0.1) is 32.5 Å². The second-order valence-corrected chi connectivity index (χ2v) is 7.37. The van der Waals surface area contributed by atoms with Gasteiger partial charge in [-0.15, -0.1) is 20.2 Å². The third-order valence-electron chi connectivity index (χ3n) is 4.99. The average molecular weight is 410 g/mol. The first kappa shape index (κ1) is 18.9. The highest BCUT2D eigenvalue weighted by atomic mass is 32.2. The summed E-state index contributed by atoms with van der Waals surface area (Å²) in [5, 5.41) is 19.3. The lowest BCUT2D eigenvalue weighted by atomic mass is 10.0. The largest absolute Gasteiger partial charge is 0.373 e. The summed E-state index contributed by atoms with van der Waals surface area (Å²) in [5.41, 5.74) is 0. The Balaban J connectivity index is 1.21. The zero-order chi connectivity index (χ0) is 19.0. The molecule has 0 amide bonds. The fourth-order valence-corrected chi connectivity index (χ4v) is 4.69. The SMILES string of the molecule is O=[N+]([O-])O[C@@H]1COC2C(CSOC3COC4C3OC[C@H]4O[N+](=O)[O-])COC21. The van der Waals surface area contributed by atoms with Gasteiger partial charge in [-0.3, -0.25) is 0 Å². The topological polar surface area (TPSA) is 151 Å². The molecular weight excluding hydrogens is 392 g/mol. The minimum absolute atomic E-state index is 0.00790. The van der Waals surface area contributed by atoms with Crippen molar-refractivity contribution in [2.45, 2.75) is 42.7 Å².